The maximum Gasteiger partial charge on any atom is 0.418 e. The fourth-order valence-corrected chi connectivity index (χ4v) is 3.04. The molecule has 144 valence electrons. The number of allylic oxidation sites excluding steroid dienone is 2. The Morgan fingerprint density at radius 2 is 2.11 bits per heavy atom. The van der Waals surface area contributed by atoms with Crippen LogP contribution in [0, 0.1) is 22.7 Å². The standard InChI is InChI=1S/C18H19F3N4O2/c1-17(2)8-11(6-12(9-22)15(17)26)4-5-25(3)16(27)14-7-13(10-23-24-14)18(19,20)21/h6-7,10-11H,4-5,8H2,1-3H3/t11-/m1/s1. The minimum absolute atomic E-state index is 0.0878. The van der Waals surface area contributed by atoms with Crippen molar-refractivity contribution in [1.29, 1.82) is 5.26 Å². The predicted molar refractivity (Wildman–Crippen MR) is 89.2 cm³/mol. The Labute approximate surface area is 154 Å². The van der Waals surface area contributed by atoms with Gasteiger partial charge in [-0.25, -0.2) is 0 Å². The minimum Gasteiger partial charge on any atom is -0.340 e. The number of ketones is 1. The van der Waals surface area contributed by atoms with Crippen LogP contribution < -0.4 is 0 Å². The fourth-order valence-electron chi connectivity index (χ4n) is 3.04. The number of amides is 1. The maximum absolute atomic E-state index is 12.7. The summed E-state index contributed by atoms with van der Waals surface area (Å²) in [5.74, 6) is -0.968. The van der Waals surface area contributed by atoms with Crippen molar-refractivity contribution >= 4 is 11.7 Å². The number of rotatable bonds is 4. The summed E-state index contributed by atoms with van der Waals surface area (Å²) in [5, 5.41) is 15.8. The molecular formula is C18H19F3N4O2. The molecule has 1 atom stereocenters. The zero-order chi connectivity index (χ0) is 20.4. The average Bonchev–Trinajstić information content (AvgIpc) is 2.60. The second-order valence-electron chi connectivity index (χ2n) is 7.21. The Morgan fingerprint density at radius 1 is 1.44 bits per heavy atom. The lowest BCUT2D eigenvalue weighted by Crippen LogP contribution is -2.34. The van der Waals surface area contributed by atoms with E-state index in [1.165, 1.54) is 11.9 Å². The zero-order valence-electron chi connectivity index (χ0n) is 15.2. The molecule has 0 saturated carbocycles. The Kier molecular flexibility index (Phi) is 5.68. The normalized spacial score (nSPS) is 19.2. The lowest BCUT2D eigenvalue weighted by atomic mass is 9.71. The molecule has 9 heteroatoms. The molecule has 6 nitrogen and oxygen atoms in total. The molecule has 0 aromatic carbocycles. The predicted octanol–water partition coefficient (Wildman–Crippen LogP) is 3.02. The van der Waals surface area contributed by atoms with E-state index in [0.29, 0.717) is 25.1 Å². The summed E-state index contributed by atoms with van der Waals surface area (Å²) in [6, 6.07) is 2.57. The van der Waals surface area contributed by atoms with Crippen molar-refractivity contribution in [3.8, 4) is 6.07 Å². The molecule has 0 N–H and O–H groups in total. The van der Waals surface area contributed by atoms with E-state index >= 15 is 0 Å². The Bertz CT molecular complexity index is 825. The van der Waals surface area contributed by atoms with Crippen molar-refractivity contribution in [3.63, 3.8) is 0 Å². The van der Waals surface area contributed by atoms with Gasteiger partial charge in [0, 0.05) is 19.0 Å². The maximum atomic E-state index is 12.7. The van der Waals surface area contributed by atoms with E-state index in [4.69, 9.17) is 5.26 Å². The number of Topliss-reactive ketones (excluding diaryl/α,β-unsaturated/α-hetero) is 1. The van der Waals surface area contributed by atoms with E-state index in [-0.39, 0.29) is 29.5 Å². The van der Waals surface area contributed by atoms with Crippen LogP contribution >= 0.6 is 0 Å². The van der Waals surface area contributed by atoms with Crippen molar-refractivity contribution in [2.45, 2.75) is 32.9 Å². The van der Waals surface area contributed by atoms with Gasteiger partial charge in [0.1, 0.15) is 6.07 Å². The third kappa shape index (κ3) is 4.70. The summed E-state index contributed by atoms with van der Waals surface area (Å²) in [4.78, 5) is 25.7. The van der Waals surface area contributed by atoms with E-state index in [2.05, 4.69) is 10.2 Å². The van der Waals surface area contributed by atoms with Gasteiger partial charge >= 0.3 is 6.18 Å². The Balaban J connectivity index is 2.07. The van der Waals surface area contributed by atoms with E-state index in [0.717, 1.165) is 0 Å². The Morgan fingerprint density at radius 3 is 2.70 bits per heavy atom. The lowest BCUT2D eigenvalue weighted by Gasteiger charge is -2.32. The van der Waals surface area contributed by atoms with Gasteiger partial charge in [-0.3, -0.25) is 9.59 Å². The first kappa shape index (κ1) is 20.6. The molecular weight excluding hydrogens is 361 g/mol. The molecule has 1 heterocycles. The van der Waals surface area contributed by atoms with E-state index in [9.17, 15) is 22.8 Å². The van der Waals surface area contributed by atoms with Crippen molar-refractivity contribution in [3.05, 3.63) is 35.2 Å². The molecule has 0 unspecified atom stereocenters. The van der Waals surface area contributed by atoms with Crippen molar-refractivity contribution < 1.29 is 22.8 Å². The second-order valence-corrected chi connectivity index (χ2v) is 7.21. The molecule has 1 aliphatic rings. The smallest absolute Gasteiger partial charge is 0.340 e. The summed E-state index contributed by atoms with van der Waals surface area (Å²) < 4.78 is 38.2. The van der Waals surface area contributed by atoms with E-state index in [1.807, 2.05) is 6.07 Å². The number of nitrogens with zero attached hydrogens (tertiary/aromatic N) is 4. The highest BCUT2D eigenvalue weighted by Gasteiger charge is 2.37. The highest BCUT2D eigenvalue weighted by molar-refractivity contribution is 6.03. The molecule has 0 bridgehead atoms. The zero-order valence-corrected chi connectivity index (χ0v) is 15.2. The molecule has 0 radical (unpaired) electrons. The average molecular weight is 380 g/mol. The van der Waals surface area contributed by atoms with Gasteiger partial charge in [0.25, 0.3) is 5.91 Å². The van der Waals surface area contributed by atoms with Crippen LogP contribution in [0.2, 0.25) is 0 Å². The summed E-state index contributed by atoms with van der Waals surface area (Å²) in [5.41, 5.74) is -1.99. The van der Waals surface area contributed by atoms with Crippen LogP contribution in [0.3, 0.4) is 0 Å². The van der Waals surface area contributed by atoms with E-state index in [1.54, 1.807) is 19.9 Å². The molecule has 0 spiro atoms. The van der Waals surface area contributed by atoms with Crippen LogP contribution in [0.1, 0.15) is 42.7 Å². The monoisotopic (exact) mass is 380 g/mol. The van der Waals surface area contributed by atoms with E-state index < -0.39 is 23.1 Å². The van der Waals surface area contributed by atoms with Gasteiger partial charge in [-0.15, -0.1) is 5.10 Å². The van der Waals surface area contributed by atoms with Gasteiger partial charge in [0.15, 0.2) is 11.5 Å². The quantitative estimate of drug-likeness (QED) is 0.801. The number of carbonyl (C=O) groups is 2. The number of hydrogen-bond donors (Lipinski definition) is 0. The Hall–Kier alpha value is -2.76. The van der Waals surface area contributed by atoms with Crippen molar-refractivity contribution in [1.82, 2.24) is 15.1 Å². The molecule has 1 aromatic heterocycles. The summed E-state index contributed by atoms with van der Waals surface area (Å²) in [7, 11) is 1.46. The van der Waals surface area contributed by atoms with Gasteiger partial charge in [-0.1, -0.05) is 19.9 Å². The highest BCUT2D eigenvalue weighted by Crippen LogP contribution is 2.36. The molecule has 1 aromatic rings. The van der Waals surface area contributed by atoms with Gasteiger partial charge < -0.3 is 4.90 Å². The van der Waals surface area contributed by atoms with Gasteiger partial charge in [0.05, 0.1) is 17.3 Å². The van der Waals surface area contributed by atoms with Crippen LogP contribution in [0.5, 0.6) is 0 Å². The molecule has 1 amide bonds. The first-order valence-electron chi connectivity index (χ1n) is 8.28. The van der Waals surface area contributed by atoms with Crippen LogP contribution in [0.25, 0.3) is 0 Å². The van der Waals surface area contributed by atoms with Crippen LogP contribution in [-0.2, 0) is 11.0 Å². The van der Waals surface area contributed by atoms with Crippen LogP contribution in [0.4, 0.5) is 13.2 Å². The number of carbonyl (C=O) groups excluding carboxylic acids is 2. The minimum atomic E-state index is -4.61. The van der Waals surface area contributed by atoms with Gasteiger partial charge in [-0.2, -0.15) is 23.5 Å². The highest BCUT2D eigenvalue weighted by atomic mass is 19.4. The fraction of sp³-hybridized carbons (Fsp3) is 0.500. The largest absolute Gasteiger partial charge is 0.418 e. The number of halogens is 3. The molecule has 1 aliphatic carbocycles. The SMILES string of the molecule is CN(CC[C@@H]1C=C(C#N)C(=O)C(C)(C)C1)C(=O)c1cc(C(F)(F)F)cnn1. The van der Waals surface area contributed by atoms with Crippen molar-refractivity contribution in [2.75, 3.05) is 13.6 Å². The topological polar surface area (TPSA) is 87.0 Å². The number of hydrogen-bond acceptors (Lipinski definition) is 5. The number of alkyl halides is 3. The van der Waals surface area contributed by atoms with Crippen LogP contribution in [-0.4, -0.2) is 40.4 Å². The summed E-state index contributed by atoms with van der Waals surface area (Å²) in [6.07, 6.45) is -1.44. The molecule has 0 fully saturated rings. The van der Waals surface area contributed by atoms with Gasteiger partial charge in [0.2, 0.25) is 0 Å². The first-order chi connectivity index (χ1) is 12.5. The van der Waals surface area contributed by atoms with Crippen molar-refractivity contribution in [2.24, 2.45) is 11.3 Å². The molecule has 2 rings (SSSR count). The first-order valence-corrected chi connectivity index (χ1v) is 8.28. The number of nitriles is 1. The second kappa shape index (κ2) is 7.47. The molecule has 0 aliphatic heterocycles. The third-order valence-corrected chi connectivity index (χ3v) is 4.54. The number of aromatic nitrogens is 2. The van der Waals surface area contributed by atoms with Gasteiger partial charge in [-0.05, 0) is 24.8 Å². The molecule has 27 heavy (non-hydrogen) atoms. The molecule has 0 saturated heterocycles. The third-order valence-electron chi connectivity index (χ3n) is 4.54. The van der Waals surface area contributed by atoms with Crippen LogP contribution in [0.15, 0.2) is 23.9 Å². The lowest BCUT2D eigenvalue weighted by molar-refractivity contribution is -0.138. The summed E-state index contributed by atoms with van der Waals surface area (Å²) >= 11 is 0. The summed E-state index contributed by atoms with van der Waals surface area (Å²) in [6.45, 7) is 3.76.